The zero-order valence-electron chi connectivity index (χ0n) is 7.43. The van der Waals surface area contributed by atoms with Crippen LogP contribution in [-0.2, 0) is 16.1 Å². The molecule has 0 radical (unpaired) electrons. The van der Waals surface area contributed by atoms with Gasteiger partial charge in [0.25, 0.3) is 0 Å². The topological polar surface area (TPSA) is 38.7 Å². The van der Waals surface area contributed by atoms with Gasteiger partial charge in [0.2, 0.25) is 0 Å². The van der Waals surface area contributed by atoms with Crippen molar-refractivity contribution in [2.75, 3.05) is 0 Å². The lowest BCUT2D eigenvalue weighted by molar-refractivity contribution is -0.140. The molecule has 0 aliphatic carbocycles. The SMILES string of the molecule is CC(=O)O/N=C\Cc1ccccc1. The average Bonchev–Trinajstić information content (AvgIpc) is 2.14. The van der Waals surface area contributed by atoms with Crippen LogP contribution in [0.4, 0.5) is 0 Å². The molecule has 0 aliphatic rings. The van der Waals surface area contributed by atoms with Crippen LogP contribution in [0.15, 0.2) is 35.5 Å². The van der Waals surface area contributed by atoms with E-state index >= 15 is 0 Å². The van der Waals surface area contributed by atoms with Gasteiger partial charge in [0.05, 0.1) is 0 Å². The third-order valence-electron chi connectivity index (χ3n) is 1.43. The van der Waals surface area contributed by atoms with Gasteiger partial charge in [-0.05, 0) is 5.56 Å². The van der Waals surface area contributed by atoms with Crippen LogP contribution in [0.1, 0.15) is 12.5 Å². The van der Waals surface area contributed by atoms with Crippen LogP contribution in [0.2, 0.25) is 0 Å². The fraction of sp³-hybridized carbons (Fsp3) is 0.200. The second-order valence-corrected chi connectivity index (χ2v) is 2.56. The summed E-state index contributed by atoms with van der Waals surface area (Å²) in [4.78, 5) is 14.7. The number of rotatable bonds is 3. The highest BCUT2D eigenvalue weighted by Gasteiger charge is 1.88. The number of hydrogen-bond donors (Lipinski definition) is 0. The Morgan fingerprint density at radius 1 is 1.46 bits per heavy atom. The zero-order chi connectivity index (χ0) is 9.52. The van der Waals surface area contributed by atoms with Crippen LogP contribution in [0.3, 0.4) is 0 Å². The minimum Gasteiger partial charge on any atom is -0.319 e. The molecule has 0 N–H and O–H groups in total. The molecule has 1 aromatic rings. The quantitative estimate of drug-likeness (QED) is 0.401. The summed E-state index contributed by atoms with van der Waals surface area (Å²) in [7, 11) is 0. The van der Waals surface area contributed by atoms with Crippen molar-refractivity contribution < 1.29 is 9.63 Å². The zero-order valence-corrected chi connectivity index (χ0v) is 7.43. The maximum Gasteiger partial charge on any atom is 0.331 e. The van der Waals surface area contributed by atoms with Crippen molar-refractivity contribution >= 4 is 12.2 Å². The Morgan fingerprint density at radius 3 is 2.77 bits per heavy atom. The predicted octanol–water partition coefficient (Wildman–Crippen LogP) is 1.78. The maximum atomic E-state index is 10.3. The normalized spacial score (nSPS) is 10.2. The van der Waals surface area contributed by atoms with E-state index in [1.807, 2.05) is 30.3 Å². The molecule has 3 heteroatoms. The van der Waals surface area contributed by atoms with Gasteiger partial charge in [-0.3, -0.25) is 0 Å². The van der Waals surface area contributed by atoms with E-state index in [-0.39, 0.29) is 0 Å². The fourth-order valence-electron chi connectivity index (χ4n) is 0.868. The Labute approximate surface area is 77.0 Å². The first kappa shape index (κ1) is 9.45. The van der Waals surface area contributed by atoms with Gasteiger partial charge in [-0.1, -0.05) is 35.5 Å². The summed E-state index contributed by atoms with van der Waals surface area (Å²) in [5, 5.41) is 3.49. The molecule has 1 aromatic carbocycles. The summed E-state index contributed by atoms with van der Waals surface area (Å²) < 4.78 is 0. The molecular formula is C10H11NO2. The highest BCUT2D eigenvalue weighted by Crippen LogP contribution is 1.97. The summed E-state index contributed by atoms with van der Waals surface area (Å²) in [5.41, 5.74) is 1.14. The van der Waals surface area contributed by atoms with Gasteiger partial charge in [-0.15, -0.1) is 0 Å². The van der Waals surface area contributed by atoms with Crippen molar-refractivity contribution in [2.45, 2.75) is 13.3 Å². The maximum absolute atomic E-state index is 10.3. The number of carbonyl (C=O) groups is 1. The third kappa shape index (κ3) is 4.06. The van der Waals surface area contributed by atoms with Crippen molar-refractivity contribution in [3.63, 3.8) is 0 Å². The first-order valence-corrected chi connectivity index (χ1v) is 4.02. The summed E-state index contributed by atoms with van der Waals surface area (Å²) in [6, 6.07) is 9.83. The standard InChI is InChI=1S/C10H11NO2/c1-9(12)13-11-8-7-10-5-3-2-4-6-10/h2-6,8H,7H2,1H3/b11-8-. The molecule has 0 aliphatic heterocycles. The van der Waals surface area contributed by atoms with Crippen molar-refractivity contribution in [3.05, 3.63) is 35.9 Å². The summed E-state index contributed by atoms with van der Waals surface area (Å²) in [6.07, 6.45) is 2.24. The van der Waals surface area contributed by atoms with Gasteiger partial charge < -0.3 is 4.84 Å². The van der Waals surface area contributed by atoms with Gasteiger partial charge in [0.1, 0.15) is 0 Å². The van der Waals surface area contributed by atoms with Crippen molar-refractivity contribution in [3.8, 4) is 0 Å². The van der Waals surface area contributed by atoms with Crippen LogP contribution in [-0.4, -0.2) is 12.2 Å². The van der Waals surface area contributed by atoms with Crippen LogP contribution in [0.25, 0.3) is 0 Å². The smallest absolute Gasteiger partial charge is 0.319 e. The molecule has 0 unspecified atom stereocenters. The second kappa shape index (κ2) is 5.09. The lowest BCUT2D eigenvalue weighted by atomic mass is 10.2. The average molecular weight is 177 g/mol. The second-order valence-electron chi connectivity index (χ2n) is 2.56. The molecule has 0 bridgehead atoms. The first-order valence-electron chi connectivity index (χ1n) is 4.02. The summed E-state index contributed by atoms with van der Waals surface area (Å²) >= 11 is 0. The van der Waals surface area contributed by atoms with E-state index in [0.29, 0.717) is 6.42 Å². The van der Waals surface area contributed by atoms with E-state index in [0.717, 1.165) is 5.56 Å². The van der Waals surface area contributed by atoms with Gasteiger partial charge in [0.15, 0.2) is 0 Å². The Bertz CT molecular complexity index is 293. The van der Waals surface area contributed by atoms with Crippen LogP contribution < -0.4 is 0 Å². The highest BCUT2D eigenvalue weighted by atomic mass is 16.7. The van der Waals surface area contributed by atoms with Gasteiger partial charge in [-0.2, -0.15) is 0 Å². The largest absolute Gasteiger partial charge is 0.331 e. The minimum atomic E-state index is -0.399. The number of benzene rings is 1. The molecule has 0 amide bonds. The van der Waals surface area contributed by atoms with E-state index in [4.69, 9.17) is 0 Å². The summed E-state index contributed by atoms with van der Waals surface area (Å²) in [5.74, 6) is -0.399. The van der Waals surface area contributed by atoms with Gasteiger partial charge >= 0.3 is 5.97 Å². The Kier molecular flexibility index (Phi) is 3.70. The Morgan fingerprint density at radius 2 is 2.15 bits per heavy atom. The van der Waals surface area contributed by atoms with E-state index in [1.54, 1.807) is 6.21 Å². The van der Waals surface area contributed by atoms with Gasteiger partial charge in [0, 0.05) is 19.6 Å². The molecule has 0 atom stereocenters. The van der Waals surface area contributed by atoms with Crippen molar-refractivity contribution in [2.24, 2.45) is 5.16 Å². The van der Waals surface area contributed by atoms with Crippen molar-refractivity contribution in [1.29, 1.82) is 0 Å². The predicted molar refractivity (Wildman–Crippen MR) is 50.4 cm³/mol. The third-order valence-corrected chi connectivity index (χ3v) is 1.43. The molecule has 3 nitrogen and oxygen atoms in total. The van der Waals surface area contributed by atoms with Gasteiger partial charge in [-0.25, -0.2) is 4.79 Å². The minimum absolute atomic E-state index is 0.399. The molecule has 0 fully saturated rings. The molecule has 0 heterocycles. The van der Waals surface area contributed by atoms with E-state index < -0.39 is 5.97 Å². The molecule has 0 saturated carbocycles. The fourth-order valence-corrected chi connectivity index (χ4v) is 0.868. The molecular weight excluding hydrogens is 166 g/mol. The number of nitrogens with zero attached hydrogens (tertiary/aromatic N) is 1. The first-order chi connectivity index (χ1) is 6.29. The molecule has 0 saturated heterocycles. The number of hydrogen-bond acceptors (Lipinski definition) is 3. The van der Waals surface area contributed by atoms with Crippen molar-refractivity contribution in [1.82, 2.24) is 0 Å². The van der Waals surface area contributed by atoms with Crippen LogP contribution >= 0.6 is 0 Å². The van der Waals surface area contributed by atoms with E-state index in [9.17, 15) is 4.79 Å². The lowest BCUT2D eigenvalue weighted by Crippen LogP contribution is -1.92. The van der Waals surface area contributed by atoms with E-state index in [1.165, 1.54) is 6.92 Å². The van der Waals surface area contributed by atoms with Crippen LogP contribution in [0.5, 0.6) is 0 Å². The molecule has 1 rings (SSSR count). The summed E-state index contributed by atoms with van der Waals surface area (Å²) in [6.45, 7) is 1.32. The monoisotopic (exact) mass is 177 g/mol. The molecule has 13 heavy (non-hydrogen) atoms. The number of carbonyl (C=O) groups excluding carboxylic acids is 1. The molecule has 0 spiro atoms. The molecule has 0 aromatic heterocycles. The Hall–Kier alpha value is -1.64. The van der Waals surface area contributed by atoms with Crippen LogP contribution in [0, 0.1) is 0 Å². The highest BCUT2D eigenvalue weighted by molar-refractivity contribution is 5.67. The lowest BCUT2D eigenvalue weighted by Gasteiger charge is -1.93. The number of oxime groups is 1. The molecule has 68 valence electrons. The Balaban J connectivity index is 2.35. The van der Waals surface area contributed by atoms with E-state index in [2.05, 4.69) is 9.99 Å².